The molecule has 1 aliphatic rings. The second-order valence-corrected chi connectivity index (χ2v) is 1.51. The Morgan fingerprint density at radius 3 is 2.73 bits per heavy atom. The smallest absolute Gasteiger partial charge is 0.504 e. The minimum absolute atomic E-state index is 0. The van der Waals surface area contributed by atoms with Gasteiger partial charge in [-0.3, -0.25) is 0 Å². The first-order valence-corrected chi connectivity index (χ1v) is 2.69. The van der Waals surface area contributed by atoms with Gasteiger partial charge in [-0.2, -0.15) is 0 Å². The predicted octanol–water partition coefficient (Wildman–Crippen LogP) is -2.02. The van der Waals surface area contributed by atoms with Crippen molar-refractivity contribution < 1.29 is 28.3 Å². The molecule has 0 saturated carbocycles. The van der Waals surface area contributed by atoms with Gasteiger partial charge in [0.15, 0.2) is 5.88 Å². The molecule has 0 aliphatic carbocycles. The van der Waals surface area contributed by atoms with Gasteiger partial charge in [-0.25, -0.2) is 0 Å². The fraction of sp³-hybridized carbons (Fsp3) is 0.333. The molecule has 0 radical (unpaired) electrons. The van der Waals surface area contributed by atoms with Gasteiger partial charge in [0.2, 0.25) is 0 Å². The van der Waals surface area contributed by atoms with Crippen molar-refractivity contribution >= 4 is 6.02 Å². The van der Waals surface area contributed by atoms with Gasteiger partial charge in [-0.05, 0) is 6.20 Å². The van der Waals surface area contributed by atoms with Crippen LogP contribution in [-0.4, -0.2) is 20.2 Å². The van der Waals surface area contributed by atoms with Crippen molar-refractivity contribution in [2.24, 2.45) is 4.99 Å². The Kier molecular flexibility index (Phi) is 4.56. The summed E-state index contributed by atoms with van der Waals surface area (Å²) in [6.07, 6.45) is 1.45. The Labute approximate surface area is 77.1 Å². The van der Waals surface area contributed by atoms with Crippen LogP contribution in [0.2, 0.25) is 0 Å². The molecule has 1 aliphatic heterocycles. The van der Waals surface area contributed by atoms with Crippen LogP contribution in [0, 0.1) is 0 Å². The molecule has 1 heterocycles. The summed E-state index contributed by atoms with van der Waals surface area (Å²) < 4.78 is 9.50. The number of hydrogen-bond acceptors (Lipinski definition) is 3. The summed E-state index contributed by atoms with van der Waals surface area (Å²) in [4.78, 5) is 3.74. The van der Waals surface area contributed by atoms with E-state index in [0.717, 1.165) is 0 Å². The Balaban J connectivity index is 0.000001000. The SMILES string of the molecule is COC1=C=CN=C(OC)[N-]1.[Li+]. The summed E-state index contributed by atoms with van der Waals surface area (Å²) in [5.74, 6) is 0.381. The van der Waals surface area contributed by atoms with Crippen molar-refractivity contribution in [2.75, 3.05) is 14.2 Å². The fourth-order valence-corrected chi connectivity index (χ4v) is 0.494. The number of hydrogen-bond donors (Lipinski definition) is 0. The average molecular weight is 146 g/mol. The van der Waals surface area contributed by atoms with Crippen LogP contribution in [0.1, 0.15) is 0 Å². The van der Waals surface area contributed by atoms with E-state index >= 15 is 0 Å². The van der Waals surface area contributed by atoms with Crippen LogP contribution in [-0.2, 0) is 9.47 Å². The molecule has 0 aromatic carbocycles. The van der Waals surface area contributed by atoms with Gasteiger partial charge in [-0.15, -0.1) is 0 Å². The molecule has 0 spiro atoms. The molecule has 0 fully saturated rings. The van der Waals surface area contributed by atoms with E-state index in [2.05, 4.69) is 16.0 Å². The van der Waals surface area contributed by atoms with E-state index in [4.69, 9.17) is 9.47 Å². The van der Waals surface area contributed by atoms with Crippen LogP contribution in [0.4, 0.5) is 0 Å². The molecule has 0 aromatic heterocycles. The standard InChI is InChI=1S/C6H7N2O2.Li/c1-9-5-3-4-7-6(8-5)10-2;/h4H,1-2H3;/q-1;+1. The van der Waals surface area contributed by atoms with Crippen molar-refractivity contribution in [3.8, 4) is 0 Å². The van der Waals surface area contributed by atoms with Gasteiger partial charge in [0, 0.05) is 0 Å². The molecule has 0 aromatic rings. The van der Waals surface area contributed by atoms with Crippen LogP contribution in [0.25, 0.3) is 5.32 Å². The summed E-state index contributed by atoms with van der Waals surface area (Å²) in [7, 11) is 3.01. The Morgan fingerprint density at radius 1 is 1.45 bits per heavy atom. The quantitative estimate of drug-likeness (QED) is 0.316. The zero-order valence-corrected chi connectivity index (χ0v) is 6.79. The maximum absolute atomic E-state index is 4.77. The van der Waals surface area contributed by atoms with E-state index < -0.39 is 0 Å². The van der Waals surface area contributed by atoms with E-state index in [9.17, 15) is 0 Å². The van der Waals surface area contributed by atoms with Crippen LogP contribution >= 0.6 is 0 Å². The molecule has 0 bridgehead atoms. The number of ether oxygens (including phenoxy) is 2. The molecule has 1 rings (SSSR count). The van der Waals surface area contributed by atoms with Crippen molar-refractivity contribution in [3.05, 3.63) is 23.1 Å². The van der Waals surface area contributed by atoms with Gasteiger partial charge in [0.1, 0.15) is 6.02 Å². The van der Waals surface area contributed by atoms with Crippen LogP contribution in [0.5, 0.6) is 0 Å². The number of methoxy groups -OCH3 is 2. The van der Waals surface area contributed by atoms with E-state index in [1.54, 1.807) is 0 Å². The summed E-state index contributed by atoms with van der Waals surface area (Å²) in [6, 6.07) is 0.288. The molecule has 5 heteroatoms. The Bertz CT molecular complexity index is 219. The molecule has 0 saturated heterocycles. The van der Waals surface area contributed by atoms with E-state index in [-0.39, 0.29) is 24.9 Å². The Hall–Kier alpha value is -0.813. The van der Waals surface area contributed by atoms with Gasteiger partial charge >= 0.3 is 18.9 Å². The predicted molar refractivity (Wildman–Crippen MR) is 36.4 cm³/mol. The minimum Gasteiger partial charge on any atom is -0.504 e. The van der Waals surface area contributed by atoms with Gasteiger partial charge in [-0.1, -0.05) is 5.73 Å². The second-order valence-electron chi connectivity index (χ2n) is 1.51. The van der Waals surface area contributed by atoms with E-state index in [0.29, 0.717) is 5.88 Å². The molecule has 54 valence electrons. The Morgan fingerprint density at radius 2 is 2.18 bits per heavy atom. The largest absolute Gasteiger partial charge is 1.00 e. The number of rotatable bonds is 1. The van der Waals surface area contributed by atoms with E-state index in [1.165, 1.54) is 20.4 Å². The topological polar surface area (TPSA) is 44.9 Å². The van der Waals surface area contributed by atoms with Crippen molar-refractivity contribution in [2.45, 2.75) is 0 Å². The number of nitrogens with zero attached hydrogens (tertiary/aromatic N) is 2. The maximum atomic E-state index is 4.77. The average Bonchev–Trinajstić information content (AvgIpc) is 2.05. The molecule has 0 N–H and O–H groups in total. The molecule has 0 unspecified atom stereocenters. The van der Waals surface area contributed by atoms with Gasteiger partial charge in [0.05, 0.1) is 14.2 Å². The maximum Gasteiger partial charge on any atom is 1.00 e. The summed E-state index contributed by atoms with van der Waals surface area (Å²) in [5, 5.41) is 3.80. The summed E-state index contributed by atoms with van der Waals surface area (Å²) in [5.41, 5.74) is 2.67. The number of aliphatic imine (C=N–C) groups is 1. The van der Waals surface area contributed by atoms with Gasteiger partial charge < -0.3 is 19.8 Å². The third kappa shape index (κ3) is 2.73. The molecule has 0 amide bonds. The normalized spacial score (nSPS) is 13.6. The number of amidine groups is 1. The summed E-state index contributed by atoms with van der Waals surface area (Å²) in [6.45, 7) is 0. The molecule has 0 atom stereocenters. The molecular formula is C6H7LiN2O2. The zero-order valence-electron chi connectivity index (χ0n) is 6.79. The molecule has 4 nitrogen and oxygen atoms in total. The van der Waals surface area contributed by atoms with Crippen molar-refractivity contribution in [1.29, 1.82) is 0 Å². The second kappa shape index (κ2) is 4.92. The van der Waals surface area contributed by atoms with Crippen molar-refractivity contribution in [1.82, 2.24) is 0 Å². The van der Waals surface area contributed by atoms with Crippen LogP contribution in [0.3, 0.4) is 0 Å². The monoisotopic (exact) mass is 146 g/mol. The first kappa shape index (κ1) is 10.2. The van der Waals surface area contributed by atoms with E-state index in [1.807, 2.05) is 0 Å². The zero-order chi connectivity index (χ0) is 7.40. The molecular weight excluding hydrogens is 139 g/mol. The first-order valence-electron chi connectivity index (χ1n) is 2.69. The molecule has 11 heavy (non-hydrogen) atoms. The van der Waals surface area contributed by atoms with Crippen LogP contribution in [0.15, 0.2) is 22.8 Å². The third-order valence-electron chi connectivity index (χ3n) is 0.936. The van der Waals surface area contributed by atoms with Gasteiger partial charge in [0.25, 0.3) is 0 Å². The fourth-order valence-electron chi connectivity index (χ4n) is 0.494. The third-order valence-corrected chi connectivity index (χ3v) is 0.936. The minimum atomic E-state index is 0. The summed E-state index contributed by atoms with van der Waals surface area (Å²) >= 11 is 0. The van der Waals surface area contributed by atoms with Crippen molar-refractivity contribution in [3.63, 3.8) is 0 Å². The first-order chi connectivity index (χ1) is 4.86. The van der Waals surface area contributed by atoms with Crippen LogP contribution < -0.4 is 18.9 Å².